The molecule has 0 saturated carbocycles. The molecule has 0 aromatic heterocycles. The molecular weight excluding hydrogens is 395 g/mol. The minimum absolute atomic E-state index is 0. The molecule has 0 spiro atoms. The summed E-state index contributed by atoms with van der Waals surface area (Å²) >= 11 is 0. The van der Waals surface area contributed by atoms with Crippen molar-refractivity contribution in [3.63, 3.8) is 0 Å². The number of methoxy groups -OCH3 is 1. The fraction of sp³-hybridized carbons (Fsp3) is 0.933. The topological polar surface area (TPSA) is 58.1 Å². The molecule has 1 aliphatic heterocycles. The Kier molecular flexibility index (Phi) is 13.3. The van der Waals surface area contributed by atoms with Gasteiger partial charge in [0.15, 0.2) is 5.96 Å². The van der Waals surface area contributed by atoms with Crippen LogP contribution in [-0.2, 0) is 9.47 Å². The SMILES string of the molecule is CCNC(=NCC1CN(CC(C)C)CCO1)NCCOC.I. The Balaban J connectivity index is 0.00000441. The van der Waals surface area contributed by atoms with E-state index in [4.69, 9.17) is 9.47 Å². The van der Waals surface area contributed by atoms with Crippen LogP contribution in [0.5, 0.6) is 0 Å². The maximum absolute atomic E-state index is 5.81. The number of hydrogen-bond donors (Lipinski definition) is 2. The zero-order chi connectivity index (χ0) is 15.5. The van der Waals surface area contributed by atoms with Gasteiger partial charge in [0.2, 0.25) is 0 Å². The summed E-state index contributed by atoms with van der Waals surface area (Å²) in [6, 6.07) is 0. The number of nitrogens with one attached hydrogen (secondary N) is 2. The zero-order valence-electron chi connectivity index (χ0n) is 14.4. The fourth-order valence-electron chi connectivity index (χ4n) is 2.38. The Morgan fingerprint density at radius 2 is 2.18 bits per heavy atom. The molecule has 1 aliphatic rings. The van der Waals surface area contributed by atoms with Gasteiger partial charge in [0, 0.05) is 39.8 Å². The molecule has 0 bridgehead atoms. The van der Waals surface area contributed by atoms with Crippen LogP contribution in [0.3, 0.4) is 0 Å². The number of halogens is 1. The first kappa shape index (κ1) is 21.9. The van der Waals surface area contributed by atoms with Gasteiger partial charge in [-0.1, -0.05) is 13.8 Å². The monoisotopic (exact) mass is 428 g/mol. The standard InChI is InChI=1S/C15H32N4O2.HI/c1-5-16-15(17-6-8-20-4)18-10-14-12-19(7-9-21-14)11-13(2)3;/h13-14H,5-12H2,1-4H3,(H2,16,17,18);1H. The molecule has 1 rings (SSSR count). The molecule has 1 fully saturated rings. The quantitative estimate of drug-likeness (QED) is 0.263. The van der Waals surface area contributed by atoms with E-state index >= 15 is 0 Å². The molecule has 1 unspecified atom stereocenters. The van der Waals surface area contributed by atoms with E-state index in [9.17, 15) is 0 Å². The van der Waals surface area contributed by atoms with Gasteiger partial charge in [-0.15, -0.1) is 24.0 Å². The molecule has 22 heavy (non-hydrogen) atoms. The van der Waals surface area contributed by atoms with E-state index in [-0.39, 0.29) is 30.1 Å². The number of nitrogens with zero attached hydrogens (tertiary/aromatic N) is 2. The number of rotatable bonds is 8. The van der Waals surface area contributed by atoms with Crippen molar-refractivity contribution >= 4 is 29.9 Å². The van der Waals surface area contributed by atoms with E-state index in [0.717, 1.165) is 45.3 Å². The lowest BCUT2D eigenvalue weighted by atomic mass is 10.2. The first-order valence-corrected chi connectivity index (χ1v) is 8.00. The van der Waals surface area contributed by atoms with E-state index in [2.05, 4.69) is 41.3 Å². The molecule has 1 atom stereocenters. The fourth-order valence-corrected chi connectivity index (χ4v) is 2.38. The third-order valence-corrected chi connectivity index (χ3v) is 3.24. The first-order valence-electron chi connectivity index (χ1n) is 8.00. The minimum Gasteiger partial charge on any atom is -0.383 e. The average molecular weight is 428 g/mol. The van der Waals surface area contributed by atoms with Crippen molar-refractivity contribution in [2.24, 2.45) is 10.9 Å². The van der Waals surface area contributed by atoms with Gasteiger partial charge in [0.05, 0.1) is 25.9 Å². The number of aliphatic imine (C=N–C) groups is 1. The van der Waals surface area contributed by atoms with E-state index in [0.29, 0.717) is 19.1 Å². The van der Waals surface area contributed by atoms with Crippen molar-refractivity contribution in [2.45, 2.75) is 26.9 Å². The lowest BCUT2D eigenvalue weighted by Gasteiger charge is -2.33. The van der Waals surface area contributed by atoms with Crippen LogP contribution in [0.2, 0.25) is 0 Å². The summed E-state index contributed by atoms with van der Waals surface area (Å²) in [7, 11) is 1.70. The molecule has 1 heterocycles. The van der Waals surface area contributed by atoms with Gasteiger partial charge < -0.3 is 20.1 Å². The normalized spacial score (nSPS) is 19.9. The van der Waals surface area contributed by atoms with Crippen LogP contribution in [-0.4, -0.2) is 76.6 Å². The van der Waals surface area contributed by atoms with Crippen LogP contribution < -0.4 is 10.6 Å². The summed E-state index contributed by atoms with van der Waals surface area (Å²) in [5.41, 5.74) is 0. The highest BCUT2D eigenvalue weighted by molar-refractivity contribution is 14.0. The molecular formula is C15H33IN4O2. The second kappa shape index (κ2) is 13.3. The Hall–Kier alpha value is -0.120. The van der Waals surface area contributed by atoms with E-state index in [1.807, 2.05) is 0 Å². The smallest absolute Gasteiger partial charge is 0.191 e. The van der Waals surface area contributed by atoms with Gasteiger partial charge in [-0.25, -0.2) is 0 Å². The maximum atomic E-state index is 5.81. The Morgan fingerprint density at radius 3 is 2.82 bits per heavy atom. The third kappa shape index (κ3) is 9.81. The van der Waals surface area contributed by atoms with Crippen LogP contribution in [0, 0.1) is 5.92 Å². The average Bonchev–Trinajstić information content (AvgIpc) is 2.44. The molecule has 0 aromatic carbocycles. The van der Waals surface area contributed by atoms with Crippen LogP contribution in [0.1, 0.15) is 20.8 Å². The van der Waals surface area contributed by atoms with Crippen molar-refractivity contribution in [1.29, 1.82) is 0 Å². The predicted molar refractivity (Wildman–Crippen MR) is 102 cm³/mol. The Labute approximate surface area is 152 Å². The summed E-state index contributed by atoms with van der Waals surface area (Å²) in [4.78, 5) is 7.08. The summed E-state index contributed by atoms with van der Waals surface area (Å²) in [6.45, 7) is 13.5. The molecule has 0 aliphatic carbocycles. The van der Waals surface area contributed by atoms with Gasteiger partial charge in [-0.05, 0) is 12.8 Å². The van der Waals surface area contributed by atoms with E-state index in [1.165, 1.54) is 0 Å². The summed E-state index contributed by atoms with van der Waals surface area (Å²) < 4.78 is 10.9. The summed E-state index contributed by atoms with van der Waals surface area (Å²) in [6.07, 6.45) is 0.190. The molecule has 0 aromatic rings. The van der Waals surface area contributed by atoms with Crippen LogP contribution in [0.15, 0.2) is 4.99 Å². The van der Waals surface area contributed by atoms with Crippen LogP contribution in [0.4, 0.5) is 0 Å². The highest BCUT2D eigenvalue weighted by atomic mass is 127. The molecule has 6 nitrogen and oxygen atoms in total. The molecule has 7 heteroatoms. The number of guanidine groups is 1. The largest absolute Gasteiger partial charge is 0.383 e. The summed E-state index contributed by atoms with van der Waals surface area (Å²) in [5, 5.41) is 6.49. The van der Waals surface area contributed by atoms with Crippen molar-refractivity contribution in [3.05, 3.63) is 0 Å². The Morgan fingerprint density at radius 1 is 1.41 bits per heavy atom. The minimum atomic E-state index is 0. The van der Waals surface area contributed by atoms with Crippen molar-refractivity contribution in [3.8, 4) is 0 Å². The number of morpholine rings is 1. The molecule has 0 amide bonds. The number of hydrogen-bond acceptors (Lipinski definition) is 4. The highest BCUT2D eigenvalue weighted by Gasteiger charge is 2.20. The third-order valence-electron chi connectivity index (χ3n) is 3.24. The van der Waals surface area contributed by atoms with E-state index < -0.39 is 0 Å². The summed E-state index contributed by atoms with van der Waals surface area (Å²) in [5.74, 6) is 1.53. The van der Waals surface area contributed by atoms with Gasteiger partial charge in [0.25, 0.3) is 0 Å². The van der Waals surface area contributed by atoms with Crippen molar-refractivity contribution < 1.29 is 9.47 Å². The second-order valence-electron chi connectivity index (χ2n) is 5.79. The van der Waals surface area contributed by atoms with Gasteiger partial charge >= 0.3 is 0 Å². The predicted octanol–water partition coefficient (Wildman–Crippen LogP) is 1.16. The van der Waals surface area contributed by atoms with Crippen molar-refractivity contribution in [2.75, 3.05) is 59.6 Å². The first-order chi connectivity index (χ1) is 10.2. The molecule has 0 radical (unpaired) electrons. The van der Waals surface area contributed by atoms with Gasteiger partial charge in [-0.2, -0.15) is 0 Å². The van der Waals surface area contributed by atoms with E-state index in [1.54, 1.807) is 7.11 Å². The molecule has 132 valence electrons. The lowest BCUT2D eigenvalue weighted by Crippen LogP contribution is -2.46. The van der Waals surface area contributed by atoms with Crippen molar-refractivity contribution in [1.82, 2.24) is 15.5 Å². The van der Waals surface area contributed by atoms with Gasteiger partial charge in [0.1, 0.15) is 0 Å². The highest BCUT2D eigenvalue weighted by Crippen LogP contribution is 2.08. The lowest BCUT2D eigenvalue weighted by molar-refractivity contribution is -0.0261. The maximum Gasteiger partial charge on any atom is 0.191 e. The van der Waals surface area contributed by atoms with Gasteiger partial charge in [-0.3, -0.25) is 9.89 Å². The Bertz CT molecular complexity index is 303. The zero-order valence-corrected chi connectivity index (χ0v) is 16.8. The van der Waals surface area contributed by atoms with Crippen LogP contribution >= 0.6 is 24.0 Å². The molecule has 2 N–H and O–H groups in total. The number of ether oxygens (including phenoxy) is 2. The molecule has 1 saturated heterocycles. The van der Waals surface area contributed by atoms with Crippen LogP contribution in [0.25, 0.3) is 0 Å². The second-order valence-corrected chi connectivity index (χ2v) is 5.79.